The first-order valence-corrected chi connectivity index (χ1v) is 7.31. The molecule has 0 bridgehead atoms. The highest BCUT2D eigenvalue weighted by Gasteiger charge is 2.35. The van der Waals surface area contributed by atoms with Gasteiger partial charge in [0.1, 0.15) is 0 Å². The maximum absolute atomic E-state index is 3.87. The average Bonchev–Trinajstić information content (AvgIpc) is 2.70. The van der Waals surface area contributed by atoms with Crippen LogP contribution in [-0.4, -0.2) is 61.7 Å². The third-order valence-electron chi connectivity index (χ3n) is 4.36. The van der Waals surface area contributed by atoms with E-state index in [0.29, 0.717) is 6.04 Å². The highest BCUT2D eigenvalue weighted by molar-refractivity contribution is 4.94. The van der Waals surface area contributed by atoms with Crippen LogP contribution in [0.2, 0.25) is 0 Å². The molecule has 17 heavy (non-hydrogen) atoms. The molecule has 0 aromatic heterocycles. The van der Waals surface area contributed by atoms with Crippen LogP contribution in [0.15, 0.2) is 0 Å². The zero-order valence-electron chi connectivity index (χ0n) is 11.8. The van der Waals surface area contributed by atoms with Crippen LogP contribution in [0.5, 0.6) is 0 Å². The maximum atomic E-state index is 3.87. The lowest BCUT2D eigenvalue weighted by molar-refractivity contribution is 0.176. The molecule has 0 aliphatic carbocycles. The number of rotatable bonds is 5. The fraction of sp³-hybridized carbons (Fsp3) is 1.00. The lowest BCUT2D eigenvalue weighted by atomic mass is 9.98. The predicted molar refractivity (Wildman–Crippen MR) is 73.4 cm³/mol. The summed E-state index contributed by atoms with van der Waals surface area (Å²) in [5.74, 6) is 0. The van der Waals surface area contributed by atoms with Gasteiger partial charge in [-0.1, -0.05) is 6.42 Å². The number of hydrogen-bond acceptors (Lipinski definition) is 3. The zero-order valence-corrected chi connectivity index (χ0v) is 11.8. The molecule has 2 saturated heterocycles. The molecule has 0 radical (unpaired) electrons. The van der Waals surface area contributed by atoms with Crippen molar-refractivity contribution in [3.05, 3.63) is 0 Å². The molecule has 3 unspecified atom stereocenters. The van der Waals surface area contributed by atoms with Gasteiger partial charge in [-0.15, -0.1) is 0 Å². The van der Waals surface area contributed by atoms with E-state index >= 15 is 0 Å². The first-order valence-electron chi connectivity index (χ1n) is 7.31. The third kappa shape index (κ3) is 3.67. The minimum absolute atomic E-state index is 0.657. The van der Waals surface area contributed by atoms with Crippen molar-refractivity contribution in [2.75, 3.05) is 33.7 Å². The molecule has 0 saturated carbocycles. The van der Waals surface area contributed by atoms with E-state index in [0.717, 1.165) is 12.1 Å². The van der Waals surface area contributed by atoms with Gasteiger partial charge >= 0.3 is 0 Å². The van der Waals surface area contributed by atoms with Crippen molar-refractivity contribution in [3.8, 4) is 0 Å². The number of nitrogens with zero attached hydrogens (tertiary/aromatic N) is 2. The van der Waals surface area contributed by atoms with Crippen molar-refractivity contribution >= 4 is 0 Å². The van der Waals surface area contributed by atoms with Gasteiger partial charge in [0.15, 0.2) is 0 Å². The van der Waals surface area contributed by atoms with Crippen LogP contribution in [0, 0.1) is 0 Å². The van der Waals surface area contributed by atoms with E-state index in [2.05, 4.69) is 36.1 Å². The SMILES string of the molecule is CC(CCN(C)C)NC1CCN2CCCCC12. The molecule has 2 aliphatic heterocycles. The summed E-state index contributed by atoms with van der Waals surface area (Å²) in [5, 5.41) is 3.87. The molecule has 100 valence electrons. The van der Waals surface area contributed by atoms with Crippen LogP contribution in [0.25, 0.3) is 0 Å². The third-order valence-corrected chi connectivity index (χ3v) is 4.36. The molecular formula is C14H29N3. The second kappa shape index (κ2) is 6.17. The molecule has 0 amide bonds. The lowest BCUT2D eigenvalue weighted by Gasteiger charge is -2.34. The Kier molecular flexibility index (Phi) is 4.83. The quantitative estimate of drug-likeness (QED) is 0.785. The Morgan fingerprint density at radius 2 is 2.06 bits per heavy atom. The van der Waals surface area contributed by atoms with E-state index in [4.69, 9.17) is 0 Å². The van der Waals surface area contributed by atoms with E-state index in [1.165, 1.54) is 51.7 Å². The van der Waals surface area contributed by atoms with Gasteiger partial charge in [0, 0.05) is 24.7 Å². The van der Waals surface area contributed by atoms with Crippen LogP contribution >= 0.6 is 0 Å². The Morgan fingerprint density at radius 1 is 1.24 bits per heavy atom. The van der Waals surface area contributed by atoms with Crippen molar-refractivity contribution in [3.63, 3.8) is 0 Å². The molecule has 0 aromatic rings. The first kappa shape index (κ1) is 13.3. The standard InChI is InChI=1S/C14H29N3/c1-12(7-10-16(2)3)15-13-8-11-17-9-5-4-6-14(13)17/h12-15H,4-11H2,1-3H3. The van der Waals surface area contributed by atoms with Gasteiger partial charge in [0.25, 0.3) is 0 Å². The summed E-state index contributed by atoms with van der Waals surface area (Å²) in [6, 6.07) is 2.25. The Bertz CT molecular complexity index is 230. The summed E-state index contributed by atoms with van der Waals surface area (Å²) >= 11 is 0. The van der Waals surface area contributed by atoms with Crippen molar-refractivity contribution in [2.24, 2.45) is 0 Å². The van der Waals surface area contributed by atoms with Crippen LogP contribution in [-0.2, 0) is 0 Å². The lowest BCUT2D eigenvalue weighted by Crippen LogP contribution is -2.47. The first-order chi connectivity index (χ1) is 8.16. The molecule has 2 heterocycles. The molecule has 2 aliphatic rings. The minimum Gasteiger partial charge on any atom is -0.310 e. The summed E-state index contributed by atoms with van der Waals surface area (Å²) in [4.78, 5) is 4.99. The topological polar surface area (TPSA) is 18.5 Å². The monoisotopic (exact) mass is 239 g/mol. The van der Waals surface area contributed by atoms with Crippen LogP contribution in [0.4, 0.5) is 0 Å². The fourth-order valence-corrected chi connectivity index (χ4v) is 3.34. The number of piperidine rings is 1. The molecule has 0 aromatic carbocycles. The van der Waals surface area contributed by atoms with E-state index < -0.39 is 0 Å². The van der Waals surface area contributed by atoms with Crippen molar-refractivity contribution in [1.82, 2.24) is 15.1 Å². The summed E-state index contributed by atoms with van der Waals surface area (Å²) in [6.07, 6.45) is 6.89. The molecule has 3 atom stereocenters. The smallest absolute Gasteiger partial charge is 0.0249 e. The van der Waals surface area contributed by atoms with E-state index in [-0.39, 0.29) is 0 Å². The van der Waals surface area contributed by atoms with Gasteiger partial charge in [-0.25, -0.2) is 0 Å². The van der Waals surface area contributed by atoms with E-state index in [1.54, 1.807) is 0 Å². The molecule has 3 heteroatoms. The largest absolute Gasteiger partial charge is 0.310 e. The summed E-state index contributed by atoms with van der Waals surface area (Å²) < 4.78 is 0. The average molecular weight is 239 g/mol. The number of fused-ring (bicyclic) bond motifs is 1. The van der Waals surface area contributed by atoms with Crippen molar-refractivity contribution < 1.29 is 0 Å². The molecular weight excluding hydrogens is 210 g/mol. The number of nitrogens with one attached hydrogen (secondary N) is 1. The Morgan fingerprint density at radius 3 is 2.82 bits per heavy atom. The maximum Gasteiger partial charge on any atom is 0.0249 e. The van der Waals surface area contributed by atoms with E-state index in [1.807, 2.05) is 0 Å². The molecule has 2 fully saturated rings. The van der Waals surface area contributed by atoms with Crippen molar-refractivity contribution in [1.29, 1.82) is 0 Å². The molecule has 2 rings (SSSR count). The summed E-state index contributed by atoms with van der Waals surface area (Å²) in [6.45, 7) is 6.20. The van der Waals surface area contributed by atoms with Gasteiger partial charge in [-0.05, 0) is 59.8 Å². The van der Waals surface area contributed by atoms with Gasteiger partial charge in [-0.2, -0.15) is 0 Å². The van der Waals surface area contributed by atoms with Gasteiger partial charge in [-0.3, -0.25) is 4.90 Å². The van der Waals surface area contributed by atoms with Gasteiger partial charge < -0.3 is 10.2 Å². The molecule has 3 nitrogen and oxygen atoms in total. The zero-order chi connectivity index (χ0) is 12.3. The normalized spacial score (nSPS) is 31.8. The highest BCUT2D eigenvalue weighted by Crippen LogP contribution is 2.27. The van der Waals surface area contributed by atoms with Crippen LogP contribution in [0.1, 0.15) is 39.0 Å². The van der Waals surface area contributed by atoms with Crippen LogP contribution < -0.4 is 5.32 Å². The Labute approximate surface area is 107 Å². The minimum atomic E-state index is 0.657. The van der Waals surface area contributed by atoms with Gasteiger partial charge in [0.05, 0.1) is 0 Å². The van der Waals surface area contributed by atoms with Crippen molar-refractivity contribution in [2.45, 2.75) is 57.2 Å². The summed E-state index contributed by atoms with van der Waals surface area (Å²) in [5.41, 5.74) is 0. The van der Waals surface area contributed by atoms with E-state index in [9.17, 15) is 0 Å². The predicted octanol–water partition coefficient (Wildman–Crippen LogP) is 1.54. The van der Waals surface area contributed by atoms with Gasteiger partial charge in [0.2, 0.25) is 0 Å². The number of hydrogen-bond donors (Lipinski definition) is 1. The molecule has 0 spiro atoms. The Hall–Kier alpha value is -0.120. The second-order valence-electron chi connectivity index (χ2n) is 6.15. The second-order valence-corrected chi connectivity index (χ2v) is 6.15. The summed E-state index contributed by atoms with van der Waals surface area (Å²) in [7, 11) is 4.32. The highest BCUT2D eigenvalue weighted by atomic mass is 15.2. The Balaban J connectivity index is 1.75. The fourth-order valence-electron chi connectivity index (χ4n) is 3.34. The van der Waals surface area contributed by atoms with Crippen LogP contribution in [0.3, 0.4) is 0 Å². The molecule has 1 N–H and O–H groups in total.